The number of piperidine rings is 1. The zero-order chi connectivity index (χ0) is 18.8. The lowest BCUT2D eigenvalue weighted by Crippen LogP contribution is -2.42. The maximum atomic E-state index is 11.9. The summed E-state index contributed by atoms with van der Waals surface area (Å²) in [5.41, 5.74) is 1.37. The third kappa shape index (κ3) is 5.70. The first-order valence-corrected chi connectivity index (χ1v) is 8.78. The lowest BCUT2D eigenvalue weighted by molar-refractivity contribution is -0.143. The zero-order valence-corrected chi connectivity index (χ0v) is 14.9. The summed E-state index contributed by atoms with van der Waals surface area (Å²) in [7, 11) is 1.46. The second-order valence-electron chi connectivity index (χ2n) is 6.14. The normalized spacial score (nSPS) is 17.3. The number of rotatable bonds is 4. The molecule has 1 aliphatic heterocycles. The van der Waals surface area contributed by atoms with Crippen LogP contribution in [0.2, 0.25) is 0 Å². The van der Waals surface area contributed by atoms with Gasteiger partial charge in [0.15, 0.2) is 0 Å². The molecule has 1 fully saturated rings. The molecule has 26 heavy (non-hydrogen) atoms. The number of benzene rings is 2. The Morgan fingerprint density at radius 2 is 1.65 bits per heavy atom. The quantitative estimate of drug-likeness (QED) is 0.822. The van der Waals surface area contributed by atoms with E-state index >= 15 is 0 Å². The molecule has 5 nitrogen and oxygen atoms in total. The van der Waals surface area contributed by atoms with Crippen molar-refractivity contribution in [1.29, 1.82) is 0 Å². The van der Waals surface area contributed by atoms with Gasteiger partial charge in [-0.3, -0.25) is 4.79 Å². The van der Waals surface area contributed by atoms with Crippen molar-refractivity contribution in [2.24, 2.45) is 0 Å². The summed E-state index contributed by atoms with van der Waals surface area (Å²) >= 11 is 0. The van der Waals surface area contributed by atoms with Gasteiger partial charge in [-0.2, -0.15) is 0 Å². The van der Waals surface area contributed by atoms with Crippen LogP contribution in [0, 0.1) is 0 Å². The predicted octanol–water partition coefficient (Wildman–Crippen LogP) is 3.47. The number of carbonyl (C=O) groups excluding carboxylic acids is 1. The number of carboxylic acids is 1. The van der Waals surface area contributed by atoms with Gasteiger partial charge in [-0.25, -0.2) is 4.79 Å². The van der Waals surface area contributed by atoms with Gasteiger partial charge in [0.05, 0.1) is 18.6 Å². The van der Waals surface area contributed by atoms with Crippen LogP contribution in [0.4, 0.5) is 0 Å². The number of carbonyl (C=O) groups is 2. The van der Waals surface area contributed by atoms with Crippen molar-refractivity contribution in [2.45, 2.75) is 31.2 Å². The van der Waals surface area contributed by atoms with Crippen LogP contribution in [-0.4, -0.2) is 36.7 Å². The van der Waals surface area contributed by atoms with Crippen molar-refractivity contribution in [3.05, 3.63) is 71.8 Å². The zero-order valence-electron chi connectivity index (χ0n) is 14.9. The summed E-state index contributed by atoms with van der Waals surface area (Å²) < 4.78 is 4.94. The minimum Gasteiger partial charge on any atom is -0.478 e. The Labute approximate surface area is 154 Å². The molecule has 0 radical (unpaired) electrons. The summed E-state index contributed by atoms with van der Waals surface area (Å²) in [4.78, 5) is 22.2. The molecule has 1 heterocycles. The van der Waals surface area contributed by atoms with Crippen LogP contribution >= 0.6 is 0 Å². The molecule has 2 aromatic carbocycles. The number of methoxy groups -OCH3 is 1. The average molecular weight is 355 g/mol. The van der Waals surface area contributed by atoms with E-state index in [1.165, 1.54) is 20.0 Å². The van der Waals surface area contributed by atoms with Crippen molar-refractivity contribution < 1.29 is 19.4 Å². The summed E-state index contributed by atoms with van der Waals surface area (Å²) in [5, 5.41) is 11.8. The predicted molar refractivity (Wildman–Crippen MR) is 100 cm³/mol. The standard InChI is InChI=1S/C14H19NO2.C7H6O2/c1-17-14(16)13(11-7-3-2-4-8-11)12-9-5-6-10-15-12;8-7(9)6-4-2-1-3-5-6/h2-4,7-8,12-13,15H,5-6,9-10H2,1H3;1-5H,(H,8,9). The van der Waals surface area contributed by atoms with Crippen LogP contribution < -0.4 is 5.32 Å². The van der Waals surface area contributed by atoms with Crippen molar-refractivity contribution in [3.63, 3.8) is 0 Å². The fourth-order valence-corrected chi connectivity index (χ4v) is 3.06. The highest BCUT2D eigenvalue weighted by molar-refractivity contribution is 5.87. The highest BCUT2D eigenvalue weighted by Gasteiger charge is 2.31. The molecular formula is C21H25NO4. The maximum Gasteiger partial charge on any atom is 0.335 e. The van der Waals surface area contributed by atoms with Crippen molar-refractivity contribution in [2.75, 3.05) is 13.7 Å². The van der Waals surface area contributed by atoms with Crippen LogP contribution in [0.3, 0.4) is 0 Å². The molecule has 138 valence electrons. The van der Waals surface area contributed by atoms with E-state index < -0.39 is 5.97 Å². The Morgan fingerprint density at radius 1 is 1.04 bits per heavy atom. The Balaban J connectivity index is 0.000000228. The minimum absolute atomic E-state index is 0.143. The number of nitrogens with one attached hydrogen (secondary N) is 1. The molecule has 0 bridgehead atoms. The molecule has 1 aliphatic rings. The first-order chi connectivity index (χ1) is 12.6. The van der Waals surface area contributed by atoms with Gasteiger partial charge < -0.3 is 15.2 Å². The van der Waals surface area contributed by atoms with Crippen molar-refractivity contribution in [1.82, 2.24) is 5.32 Å². The van der Waals surface area contributed by atoms with Gasteiger partial charge in [-0.05, 0) is 37.1 Å². The van der Waals surface area contributed by atoms with E-state index in [0.29, 0.717) is 5.56 Å². The molecular weight excluding hydrogens is 330 g/mol. The van der Waals surface area contributed by atoms with E-state index in [2.05, 4.69) is 5.32 Å². The van der Waals surface area contributed by atoms with Crippen LogP contribution in [0.15, 0.2) is 60.7 Å². The third-order valence-corrected chi connectivity index (χ3v) is 4.39. The van der Waals surface area contributed by atoms with E-state index in [4.69, 9.17) is 9.84 Å². The Hall–Kier alpha value is -2.66. The van der Waals surface area contributed by atoms with E-state index in [0.717, 1.165) is 18.5 Å². The summed E-state index contributed by atoms with van der Waals surface area (Å²) in [6.07, 6.45) is 3.41. The monoisotopic (exact) mass is 355 g/mol. The van der Waals surface area contributed by atoms with Gasteiger partial charge in [0.1, 0.15) is 0 Å². The molecule has 0 amide bonds. The third-order valence-electron chi connectivity index (χ3n) is 4.39. The van der Waals surface area contributed by atoms with Gasteiger partial charge in [-0.15, -0.1) is 0 Å². The first-order valence-electron chi connectivity index (χ1n) is 8.78. The Kier molecular flexibility index (Phi) is 7.83. The van der Waals surface area contributed by atoms with E-state index in [1.54, 1.807) is 30.3 Å². The van der Waals surface area contributed by atoms with E-state index in [1.807, 2.05) is 30.3 Å². The molecule has 3 rings (SSSR count). The minimum atomic E-state index is -0.879. The number of hydrogen-bond acceptors (Lipinski definition) is 4. The maximum absolute atomic E-state index is 11.9. The molecule has 5 heteroatoms. The lowest BCUT2D eigenvalue weighted by Gasteiger charge is -2.29. The van der Waals surface area contributed by atoms with Gasteiger partial charge >= 0.3 is 11.9 Å². The molecule has 0 aromatic heterocycles. The van der Waals surface area contributed by atoms with Crippen LogP contribution in [0.1, 0.15) is 41.1 Å². The summed E-state index contributed by atoms with van der Waals surface area (Å²) in [6.45, 7) is 0.991. The number of aromatic carboxylic acids is 1. The van der Waals surface area contributed by atoms with Crippen LogP contribution in [-0.2, 0) is 9.53 Å². The SMILES string of the molecule is COC(=O)C(c1ccccc1)C1CCCCN1.O=C(O)c1ccccc1. The van der Waals surface area contributed by atoms with E-state index in [9.17, 15) is 9.59 Å². The smallest absolute Gasteiger partial charge is 0.335 e. The molecule has 0 spiro atoms. The van der Waals surface area contributed by atoms with Gasteiger partial charge in [0.2, 0.25) is 0 Å². The summed E-state index contributed by atoms with van der Waals surface area (Å²) in [6, 6.07) is 18.4. The topological polar surface area (TPSA) is 75.6 Å². The van der Waals surface area contributed by atoms with Crippen LogP contribution in [0.25, 0.3) is 0 Å². The van der Waals surface area contributed by atoms with E-state index in [-0.39, 0.29) is 17.9 Å². The molecule has 1 saturated heterocycles. The van der Waals surface area contributed by atoms with Gasteiger partial charge in [-0.1, -0.05) is 55.0 Å². The second kappa shape index (κ2) is 10.4. The fourth-order valence-electron chi connectivity index (χ4n) is 3.06. The highest BCUT2D eigenvalue weighted by atomic mass is 16.5. The van der Waals surface area contributed by atoms with Crippen LogP contribution in [0.5, 0.6) is 0 Å². The molecule has 2 aromatic rings. The fraction of sp³-hybridized carbons (Fsp3) is 0.333. The molecule has 2 atom stereocenters. The largest absolute Gasteiger partial charge is 0.478 e. The molecule has 0 saturated carbocycles. The van der Waals surface area contributed by atoms with Gasteiger partial charge in [0.25, 0.3) is 0 Å². The Morgan fingerprint density at radius 3 is 2.12 bits per heavy atom. The number of hydrogen-bond donors (Lipinski definition) is 2. The number of carboxylic acid groups (broad SMARTS) is 1. The van der Waals surface area contributed by atoms with Crippen molar-refractivity contribution in [3.8, 4) is 0 Å². The van der Waals surface area contributed by atoms with Crippen molar-refractivity contribution >= 4 is 11.9 Å². The molecule has 0 aliphatic carbocycles. The number of esters is 1. The summed E-state index contributed by atoms with van der Waals surface area (Å²) in [5.74, 6) is -1.20. The first kappa shape index (κ1) is 19.7. The molecule has 2 N–H and O–H groups in total. The molecule has 2 unspecified atom stereocenters. The lowest BCUT2D eigenvalue weighted by atomic mass is 9.86. The average Bonchev–Trinajstić information content (AvgIpc) is 2.71. The highest BCUT2D eigenvalue weighted by Crippen LogP contribution is 2.26. The second-order valence-corrected chi connectivity index (χ2v) is 6.14. The number of ether oxygens (including phenoxy) is 1. The van der Waals surface area contributed by atoms with Gasteiger partial charge in [0, 0.05) is 6.04 Å². The Bertz CT molecular complexity index is 682.